The van der Waals surface area contributed by atoms with Crippen LogP contribution in [0, 0.1) is 11.8 Å². The number of fused-ring (bicyclic) bond motifs is 1. The van der Waals surface area contributed by atoms with Gasteiger partial charge in [0, 0.05) is 44.4 Å². The Hall–Kier alpha value is -3.61. The van der Waals surface area contributed by atoms with Gasteiger partial charge in [0.05, 0.1) is 11.7 Å². The van der Waals surface area contributed by atoms with Gasteiger partial charge in [0.2, 0.25) is 5.91 Å². The first kappa shape index (κ1) is 32.3. The highest BCUT2D eigenvalue weighted by Gasteiger charge is 2.33. The fourth-order valence-electron chi connectivity index (χ4n) is 5.80. The summed E-state index contributed by atoms with van der Waals surface area (Å²) in [7, 11) is 0. The maximum Gasteiger partial charge on any atom is 0.394 e. The van der Waals surface area contributed by atoms with E-state index in [2.05, 4.69) is 74.3 Å². The van der Waals surface area contributed by atoms with Crippen LogP contribution in [0.3, 0.4) is 0 Å². The van der Waals surface area contributed by atoms with E-state index in [1.54, 1.807) is 31.2 Å². The molecule has 0 bridgehead atoms. The average molecular weight is 592 g/mol. The minimum atomic E-state index is -3.31. The second-order valence-corrected chi connectivity index (χ2v) is 12.8. The van der Waals surface area contributed by atoms with E-state index in [9.17, 15) is 13.6 Å². The van der Waals surface area contributed by atoms with Crippen molar-refractivity contribution in [2.75, 3.05) is 28.2 Å². The van der Waals surface area contributed by atoms with Crippen LogP contribution < -0.4 is 19.9 Å². The van der Waals surface area contributed by atoms with Gasteiger partial charge in [-0.1, -0.05) is 58.0 Å². The third kappa shape index (κ3) is 8.49. The summed E-state index contributed by atoms with van der Waals surface area (Å²) in [5.41, 5.74) is 5.62. The number of alkyl halides is 2. The standard InChI is InChI=1S/C36H47F2N3O2/c1-24(2)17-19-40(20-18-25(3)4)30-12-10-11-28(22-30)29-15-16-34-31(23-29)33(21-26(5)41(34)27(6)42)39-32-13-8-9-14-35(32)43-36(7,37)38/h8-16,22-26,33,39H,17-21H2,1-7H3/t26-,33+/m0/s1. The number of hydrogen-bond acceptors (Lipinski definition) is 4. The first-order valence-electron chi connectivity index (χ1n) is 15.5. The smallest absolute Gasteiger partial charge is 0.394 e. The first-order valence-corrected chi connectivity index (χ1v) is 15.5. The molecule has 0 fully saturated rings. The van der Waals surface area contributed by atoms with Crippen molar-refractivity contribution < 1.29 is 18.3 Å². The van der Waals surface area contributed by atoms with Gasteiger partial charge in [0.15, 0.2) is 0 Å². The van der Waals surface area contributed by atoms with Gasteiger partial charge in [-0.05, 0) is 91.1 Å². The Morgan fingerprint density at radius 3 is 2.26 bits per heavy atom. The summed E-state index contributed by atoms with van der Waals surface area (Å²) in [6.07, 6.45) is -0.437. The van der Waals surface area contributed by atoms with E-state index in [1.807, 2.05) is 17.9 Å². The molecule has 1 amide bonds. The van der Waals surface area contributed by atoms with Crippen LogP contribution in [0.15, 0.2) is 66.7 Å². The third-order valence-corrected chi connectivity index (χ3v) is 8.02. The van der Waals surface area contributed by atoms with Crippen molar-refractivity contribution >= 4 is 23.0 Å². The summed E-state index contributed by atoms with van der Waals surface area (Å²) in [5.74, 6) is 1.31. The molecule has 0 aliphatic carbocycles. The molecule has 7 heteroatoms. The van der Waals surface area contributed by atoms with Gasteiger partial charge in [-0.25, -0.2) is 0 Å². The molecule has 1 N–H and O–H groups in total. The van der Waals surface area contributed by atoms with Crippen LogP contribution in [-0.2, 0) is 4.79 Å². The summed E-state index contributed by atoms with van der Waals surface area (Å²) in [5, 5.41) is 3.48. The molecule has 0 spiro atoms. The largest absolute Gasteiger partial charge is 0.431 e. The Morgan fingerprint density at radius 2 is 1.63 bits per heavy atom. The maximum absolute atomic E-state index is 13.8. The fraction of sp³-hybridized carbons (Fsp3) is 0.472. The molecular weight excluding hydrogens is 544 g/mol. The van der Waals surface area contributed by atoms with Crippen LogP contribution in [0.25, 0.3) is 11.1 Å². The first-order chi connectivity index (χ1) is 20.3. The molecular formula is C36H47F2N3O2. The van der Waals surface area contributed by atoms with E-state index < -0.39 is 6.11 Å². The van der Waals surface area contributed by atoms with Crippen molar-refractivity contribution in [2.45, 2.75) is 85.9 Å². The van der Waals surface area contributed by atoms with Gasteiger partial charge < -0.3 is 19.9 Å². The molecule has 43 heavy (non-hydrogen) atoms. The van der Waals surface area contributed by atoms with Crippen molar-refractivity contribution in [1.29, 1.82) is 0 Å². The Balaban J connectivity index is 1.72. The SMILES string of the molecule is CC(=O)N1c2ccc(-c3cccc(N(CCC(C)C)CCC(C)C)c3)cc2[C@H](Nc2ccccc2OC(C)(F)F)C[C@@H]1C. The predicted molar refractivity (Wildman–Crippen MR) is 174 cm³/mol. The lowest BCUT2D eigenvalue weighted by Crippen LogP contribution is -2.43. The Bertz CT molecular complexity index is 1370. The lowest BCUT2D eigenvalue weighted by molar-refractivity contribution is -0.158. The van der Waals surface area contributed by atoms with Crippen molar-refractivity contribution in [3.63, 3.8) is 0 Å². The second-order valence-electron chi connectivity index (χ2n) is 12.8. The van der Waals surface area contributed by atoms with Gasteiger partial charge in [-0.2, -0.15) is 8.78 Å². The number of anilines is 3. The normalized spacial score (nSPS) is 16.8. The number of carbonyl (C=O) groups excluding carboxylic acids is 1. The lowest BCUT2D eigenvalue weighted by Gasteiger charge is -2.40. The van der Waals surface area contributed by atoms with Gasteiger partial charge in [0.1, 0.15) is 5.75 Å². The average Bonchev–Trinajstić information content (AvgIpc) is 2.92. The van der Waals surface area contributed by atoms with Gasteiger partial charge in [-0.3, -0.25) is 4.79 Å². The minimum Gasteiger partial charge on any atom is -0.431 e. The second kappa shape index (κ2) is 13.8. The van der Waals surface area contributed by atoms with Crippen molar-refractivity contribution in [2.24, 2.45) is 11.8 Å². The number of para-hydroxylation sites is 2. The van der Waals surface area contributed by atoms with Crippen molar-refractivity contribution in [3.8, 4) is 16.9 Å². The topological polar surface area (TPSA) is 44.8 Å². The molecule has 1 aliphatic rings. The van der Waals surface area contributed by atoms with Gasteiger partial charge >= 0.3 is 6.11 Å². The Kier molecular flexibility index (Phi) is 10.4. The lowest BCUT2D eigenvalue weighted by atomic mass is 9.88. The summed E-state index contributed by atoms with van der Waals surface area (Å²) in [6, 6.07) is 21.4. The summed E-state index contributed by atoms with van der Waals surface area (Å²) in [6.45, 7) is 15.4. The van der Waals surface area contributed by atoms with Crippen LogP contribution in [0.1, 0.15) is 79.3 Å². The zero-order chi connectivity index (χ0) is 31.3. The molecule has 232 valence electrons. The molecule has 0 saturated heterocycles. The number of hydrogen-bond donors (Lipinski definition) is 1. The summed E-state index contributed by atoms with van der Waals surface area (Å²) < 4.78 is 32.6. The highest BCUT2D eigenvalue weighted by molar-refractivity contribution is 5.94. The number of carbonyl (C=O) groups is 1. The van der Waals surface area contributed by atoms with E-state index >= 15 is 0 Å². The van der Waals surface area contributed by atoms with Crippen LogP contribution in [0.5, 0.6) is 5.75 Å². The number of nitrogens with zero attached hydrogens (tertiary/aromatic N) is 2. The third-order valence-electron chi connectivity index (χ3n) is 8.02. The van der Waals surface area contributed by atoms with Crippen LogP contribution in [0.4, 0.5) is 25.8 Å². The van der Waals surface area contributed by atoms with E-state index in [0.29, 0.717) is 23.9 Å². The number of amides is 1. The molecule has 3 aromatic carbocycles. The quantitative estimate of drug-likeness (QED) is 0.228. The molecule has 0 aromatic heterocycles. The molecule has 0 saturated carbocycles. The molecule has 4 rings (SSSR count). The molecule has 3 aromatic rings. The van der Waals surface area contributed by atoms with Crippen molar-refractivity contribution in [1.82, 2.24) is 0 Å². The molecule has 0 radical (unpaired) electrons. The van der Waals surface area contributed by atoms with E-state index in [0.717, 1.165) is 55.2 Å². The van der Waals surface area contributed by atoms with Crippen molar-refractivity contribution in [3.05, 3.63) is 72.3 Å². The van der Waals surface area contributed by atoms with Crippen LogP contribution >= 0.6 is 0 Å². The maximum atomic E-state index is 13.8. The molecule has 0 unspecified atom stereocenters. The zero-order valence-corrected chi connectivity index (χ0v) is 26.7. The summed E-state index contributed by atoms with van der Waals surface area (Å²) >= 11 is 0. The zero-order valence-electron chi connectivity index (χ0n) is 26.7. The number of nitrogens with one attached hydrogen (secondary N) is 1. The minimum absolute atomic E-state index is 0.0257. The Labute approximate surface area is 256 Å². The summed E-state index contributed by atoms with van der Waals surface area (Å²) in [4.78, 5) is 17.1. The number of halogens is 2. The van der Waals surface area contributed by atoms with E-state index in [4.69, 9.17) is 4.74 Å². The van der Waals surface area contributed by atoms with Crippen LogP contribution in [0.2, 0.25) is 0 Å². The van der Waals surface area contributed by atoms with Gasteiger partial charge in [-0.15, -0.1) is 0 Å². The van der Waals surface area contributed by atoms with E-state index in [-0.39, 0.29) is 23.7 Å². The number of rotatable bonds is 12. The Morgan fingerprint density at radius 1 is 0.977 bits per heavy atom. The monoisotopic (exact) mass is 591 g/mol. The highest BCUT2D eigenvalue weighted by atomic mass is 19.3. The predicted octanol–water partition coefficient (Wildman–Crippen LogP) is 9.54. The highest BCUT2D eigenvalue weighted by Crippen LogP contribution is 2.43. The fourth-order valence-corrected chi connectivity index (χ4v) is 5.80. The molecule has 5 nitrogen and oxygen atoms in total. The molecule has 1 heterocycles. The van der Waals surface area contributed by atoms with Gasteiger partial charge in [0.25, 0.3) is 0 Å². The van der Waals surface area contributed by atoms with E-state index in [1.165, 1.54) is 5.69 Å². The number of benzene rings is 3. The molecule has 2 atom stereocenters. The molecule has 1 aliphatic heterocycles. The number of ether oxygens (including phenoxy) is 1. The van der Waals surface area contributed by atoms with Crippen LogP contribution in [-0.4, -0.2) is 31.1 Å².